The van der Waals surface area contributed by atoms with Crippen LogP contribution < -0.4 is 4.74 Å². The normalized spacial score (nSPS) is 15.4. The van der Waals surface area contributed by atoms with Gasteiger partial charge in [-0.15, -0.1) is 0 Å². The zero-order valence-corrected chi connectivity index (χ0v) is 11.6. The molecule has 2 aromatic rings. The van der Waals surface area contributed by atoms with E-state index < -0.39 is 0 Å². The van der Waals surface area contributed by atoms with Gasteiger partial charge in [-0.05, 0) is 48.6 Å². The first-order valence-electron chi connectivity index (χ1n) is 7.02. The van der Waals surface area contributed by atoms with E-state index in [4.69, 9.17) is 4.74 Å². The molecule has 0 heterocycles. The summed E-state index contributed by atoms with van der Waals surface area (Å²) in [5, 5.41) is 9.23. The smallest absolute Gasteiger partial charge is 0.119 e. The van der Waals surface area contributed by atoms with Gasteiger partial charge in [-0.1, -0.05) is 36.4 Å². The number of benzene rings is 2. The van der Waals surface area contributed by atoms with Gasteiger partial charge >= 0.3 is 0 Å². The molecular formula is C18H17NO. The zero-order chi connectivity index (χ0) is 14.0. The molecule has 2 heteroatoms. The van der Waals surface area contributed by atoms with Crippen LogP contribution in [0.5, 0.6) is 5.75 Å². The van der Waals surface area contributed by atoms with Gasteiger partial charge in [-0.2, -0.15) is 5.26 Å². The second-order valence-corrected chi connectivity index (χ2v) is 5.23. The van der Waals surface area contributed by atoms with Crippen LogP contribution in [0.25, 0.3) is 11.1 Å². The first kappa shape index (κ1) is 12.7. The molecule has 0 spiro atoms. The molecular weight excluding hydrogens is 246 g/mol. The molecule has 0 bridgehead atoms. The first-order valence-corrected chi connectivity index (χ1v) is 7.02. The standard InChI is InChI=1S/C18H17NO/c1-2-20-17-5-3-4-15(12-17)14-6-8-16(9-7-14)18(13-19)10-11-18/h3-9,12H,2,10-11H2,1H3. The Balaban J connectivity index is 1.88. The molecule has 3 rings (SSSR count). The second-order valence-electron chi connectivity index (χ2n) is 5.23. The summed E-state index contributed by atoms with van der Waals surface area (Å²) >= 11 is 0. The van der Waals surface area contributed by atoms with Crippen molar-refractivity contribution in [1.82, 2.24) is 0 Å². The van der Waals surface area contributed by atoms with E-state index in [0.29, 0.717) is 6.61 Å². The average molecular weight is 263 g/mol. The molecule has 1 aliphatic rings. The molecule has 0 amide bonds. The van der Waals surface area contributed by atoms with Crippen LogP contribution in [0.1, 0.15) is 25.3 Å². The second kappa shape index (κ2) is 5.02. The molecule has 0 aliphatic heterocycles. The van der Waals surface area contributed by atoms with Crippen molar-refractivity contribution in [1.29, 1.82) is 5.26 Å². The van der Waals surface area contributed by atoms with Gasteiger partial charge in [0, 0.05) is 0 Å². The van der Waals surface area contributed by atoms with Crippen LogP contribution in [0.2, 0.25) is 0 Å². The minimum absolute atomic E-state index is 0.203. The van der Waals surface area contributed by atoms with Gasteiger partial charge in [0.15, 0.2) is 0 Å². The lowest BCUT2D eigenvalue weighted by molar-refractivity contribution is 0.340. The van der Waals surface area contributed by atoms with E-state index in [2.05, 4.69) is 42.5 Å². The van der Waals surface area contributed by atoms with Crippen LogP contribution in [0.4, 0.5) is 0 Å². The topological polar surface area (TPSA) is 33.0 Å². The summed E-state index contributed by atoms with van der Waals surface area (Å²) in [6, 6.07) is 18.9. The van der Waals surface area contributed by atoms with Crippen molar-refractivity contribution in [2.75, 3.05) is 6.61 Å². The Hall–Kier alpha value is -2.27. The molecule has 0 radical (unpaired) electrons. The first-order chi connectivity index (χ1) is 9.77. The third kappa shape index (κ3) is 2.28. The van der Waals surface area contributed by atoms with E-state index in [-0.39, 0.29) is 5.41 Å². The summed E-state index contributed by atoms with van der Waals surface area (Å²) in [5.74, 6) is 0.893. The molecule has 1 saturated carbocycles. The summed E-state index contributed by atoms with van der Waals surface area (Å²) in [7, 11) is 0. The van der Waals surface area contributed by atoms with Crippen molar-refractivity contribution in [2.24, 2.45) is 0 Å². The molecule has 1 fully saturated rings. The maximum Gasteiger partial charge on any atom is 0.119 e. The fraction of sp³-hybridized carbons (Fsp3) is 0.278. The predicted octanol–water partition coefficient (Wildman–Crippen LogP) is 4.31. The molecule has 0 N–H and O–H groups in total. The summed E-state index contributed by atoms with van der Waals surface area (Å²) < 4.78 is 5.53. The lowest BCUT2D eigenvalue weighted by Gasteiger charge is -2.09. The van der Waals surface area contributed by atoms with E-state index in [0.717, 1.165) is 35.3 Å². The van der Waals surface area contributed by atoms with Crippen molar-refractivity contribution in [2.45, 2.75) is 25.2 Å². The summed E-state index contributed by atoms with van der Waals surface area (Å²) in [4.78, 5) is 0. The highest BCUT2D eigenvalue weighted by atomic mass is 16.5. The fourth-order valence-electron chi connectivity index (χ4n) is 2.50. The molecule has 100 valence electrons. The van der Waals surface area contributed by atoms with E-state index in [1.54, 1.807) is 0 Å². The van der Waals surface area contributed by atoms with Crippen LogP contribution in [-0.4, -0.2) is 6.61 Å². The monoisotopic (exact) mass is 263 g/mol. The summed E-state index contributed by atoms with van der Waals surface area (Å²) in [6.07, 6.45) is 1.98. The molecule has 0 unspecified atom stereocenters. The van der Waals surface area contributed by atoms with Gasteiger partial charge in [0.1, 0.15) is 5.75 Å². The maximum absolute atomic E-state index is 9.23. The minimum atomic E-state index is -0.203. The Bertz CT molecular complexity index is 648. The number of nitriles is 1. The Kier molecular flexibility index (Phi) is 3.20. The lowest BCUT2D eigenvalue weighted by Crippen LogP contribution is -2.01. The van der Waals surface area contributed by atoms with Crippen LogP contribution in [0.15, 0.2) is 48.5 Å². The highest BCUT2D eigenvalue weighted by Crippen LogP contribution is 2.47. The fourth-order valence-corrected chi connectivity index (χ4v) is 2.50. The summed E-state index contributed by atoms with van der Waals surface area (Å²) in [5.41, 5.74) is 3.24. The van der Waals surface area contributed by atoms with Gasteiger partial charge in [-0.25, -0.2) is 0 Å². The maximum atomic E-state index is 9.23. The number of nitrogens with zero attached hydrogens (tertiary/aromatic N) is 1. The quantitative estimate of drug-likeness (QED) is 0.823. The largest absolute Gasteiger partial charge is 0.494 e. The van der Waals surface area contributed by atoms with Crippen molar-refractivity contribution in [3.63, 3.8) is 0 Å². The van der Waals surface area contributed by atoms with Gasteiger partial charge in [0.05, 0.1) is 18.1 Å². The number of hydrogen-bond donors (Lipinski definition) is 0. The number of hydrogen-bond acceptors (Lipinski definition) is 2. The zero-order valence-electron chi connectivity index (χ0n) is 11.6. The van der Waals surface area contributed by atoms with E-state index >= 15 is 0 Å². The van der Waals surface area contributed by atoms with Crippen LogP contribution in [0.3, 0.4) is 0 Å². The molecule has 2 aromatic carbocycles. The summed E-state index contributed by atoms with van der Waals surface area (Å²) in [6.45, 7) is 2.66. The van der Waals surface area contributed by atoms with E-state index in [1.807, 2.05) is 19.1 Å². The lowest BCUT2D eigenvalue weighted by atomic mass is 9.95. The van der Waals surface area contributed by atoms with E-state index in [9.17, 15) is 5.26 Å². The molecule has 2 nitrogen and oxygen atoms in total. The van der Waals surface area contributed by atoms with Gasteiger partial charge in [-0.3, -0.25) is 0 Å². The Morgan fingerprint density at radius 3 is 2.45 bits per heavy atom. The highest BCUT2D eigenvalue weighted by Gasteiger charge is 2.44. The third-order valence-electron chi connectivity index (χ3n) is 3.88. The van der Waals surface area contributed by atoms with Crippen molar-refractivity contribution < 1.29 is 4.74 Å². The van der Waals surface area contributed by atoms with Gasteiger partial charge in [0.2, 0.25) is 0 Å². The highest BCUT2D eigenvalue weighted by molar-refractivity contribution is 5.66. The molecule has 0 aromatic heterocycles. The molecule has 0 saturated heterocycles. The van der Waals surface area contributed by atoms with Crippen molar-refractivity contribution >= 4 is 0 Å². The van der Waals surface area contributed by atoms with Crippen molar-refractivity contribution in [3.8, 4) is 22.9 Å². The molecule has 1 aliphatic carbocycles. The van der Waals surface area contributed by atoms with Crippen LogP contribution in [-0.2, 0) is 5.41 Å². The van der Waals surface area contributed by atoms with Crippen LogP contribution >= 0.6 is 0 Å². The van der Waals surface area contributed by atoms with Gasteiger partial charge < -0.3 is 4.74 Å². The average Bonchev–Trinajstić information content (AvgIpc) is 3.29. The predicted molar refractivity (Wildman–Crippen MR) is 79.6 cm³/mol. The molecule has 20 heavy (non-hydrogen) atoms. The SMILES string of the molecule is CCOc1cccc(-c2ccc(C3(C#N)CC3)cc2)c1. The number of rotatable bonds is 4. The van der Waals surface area contributed by atoms with Crippen molar-refractivity contribution in [3.05, 3.63) is 54.1 Å². The molecule has 0 atom stereocenters. The minimum Gasteiger partial charge on any atom is -0.494 e. The Labute approximate surface area is 119 Å². The Morgan fingerprint density at radius 1 is 1.10 bits per heavy atom. The third-order valence-corrected chi connectivity index (χ3v) is 3.88. The van der Waals surface area contributed by atoms with E-state index in [1.165, 1.54) is 0 Å². The van der Waals surface area contributed by atoms with Crippen LogP contribution in [0, 0.1) is 11.3 Å². The Morgan fingerprint density at radius 2 is 1.85 bits per heavy atom. The number of ether oxygens (including phenoxy) is 1. The van der Waals surface area contributed by atoms with Gasteiger partial charge in [0.25, 0.3) is 0 Å².